The molecule has 0 amide bonds. The molecule has 2 aromatic carbocycles. The molecule has 1 N–H and O–H groups in total. The van der Waals surface area contributed by atoms with Gasteiger partial charge in [0.15, 0.2) is 0 Å². The molecule has 136 valence electrons. The van der Waals surface area contributed by atoms with Gasteiger partial charge in [-0.2, -0.15) is 5.26 Å². The number of ether oxygens (including phenoxy) is 3. The van der Waals surface area contributed by atoms with E-state index in [2.05, 4.69) is 30.4 Å². The number of hydrogen-bond donors (Lipinski definition) is 1. The molecule has 0 aromatic heterocycles. The van der Waals surface area contributed by atoms with Crippen LogP contribution in [-0.2, 0) is 19.5 Å². The lowest BCUT2D eigenvalue weighted by Crippen LogP contribution is -2.14. The van der Waals surface area contributed by atoms with Crippen molar-refractivity contribution in [3.8, 4) is 23.3 Å². The SMILES string of the molecule is CCOc1cc2c(cc1CNCc1ccc(OC)c(C#N)c1)OC(C)C2. The Morgan fingerprint density at radius 3 is 2.81 bits per heavy atom. The molecule has 1 atom stereocenters. The Hall–Kier alpha value is -2.71. The summed E-state index contributed by atoms with van der Waals surface area (Å²) in [7, 11) is 1.57. The van der Waals surface area contributed by atoms with Crippen LogP contribution in [0.5, 0.6) is 17.2 Å². The fraction of sp³-hybridized carbons (Fsp3) is 0.381. The van der Waals surface area contributed by atoms with E-state index in [1.165, 1.54) is 5.56 Å². The molecule has 1 unspecified atom stereocenters. The molecular weight excluding hydrogens is 328 g/mol. The van der Waals surface area contributed by atoms with Gasteiger partial charge in [0, 0.05) is 30.6 Å². The third kappa shape index (κ3) is 3.92. The lowest BCUT2D eigenvalue weighted by Gasteiger charge is -2.14. The third-order valence-corrected chi connectivity index (χ3v) is 4.41. The first kappa shape index (κ1) is 18.1. The zero-order valence-electron chi connectivity index (χ0n) is 15.5. The van der Waals surface area contributed by atoms with Crippen LogP contribution in [0.15, 0.2) is 30.3 Å². The first-order valence-corrected chi connectivity index (χ1v) is 8.87. The first-order chi connectivity index (χ1) is 12.6. The molecule has 3 rings (SSSR count). The third-order valence-electron chi connectivity index (χ3n) is 4.41. The predicted octanol–water partition coefficient (Wildman–Crippen LogP) is 3.58. The van der Waals surface area contributed by atoms with Gasteiger partial charge in [0.2, 0.25) is 0 Å². The highest BCUT2D eigenvalue weighted by atomic mass is 16.5. The second kappa shape index (κ2) is 8.11. The molecule has 0 saturated carbocycles. The maximum absolute atomic E-state index is 9.20. The number of hydrogen-bond acceptors (Lipinski definition) is 5. The van der Waals surface area contributed by atoms with E-state index in [0.29, 0.717) is 31.0 Å². The van der Waals surface area contributed by atoms with Crippen LogP contribution >= 0.6 is 0 Å². The second-order valence-corrected chi connectivity index (χ2v) is 6.38. The van der Waals surface area contributed by atoms with E-state index >= 15 is 0 Å². The van der Waals surface area contributed by atoms with Crippen LogP contribution in [0.25, 0.3) is 0 Å². The van der Waals surface area contributed by atoms with E-state index in [-0.39, 0.29) is 6.10 Å². The molecule has 5 heteroatoms. The number of nitrogens with zero attached hydrogens (tertiary/aromatic N) is 1. The summed E-state index contributed by atoms with van der Waals surface area (Å²) < 4.78 is 16.9. The van der Waals surface area contributed by atoms with Crippen molar-refractivity contribution in [1.82, 2.24) is 5.32 Å². The Morgan fingerprint density at radius 1 is 1.23 bits per heavy atom. The monoisotopic (exact) mass is 352 g/mol. The summed E-state index contributed by atoms with van der Waals surface area (Å²) in [6.07, 6.45) is 1.14. The molecule has 1 aliphatic rings. The molecule has 0 saturated heterocycles. The van der Waals surface area contributed by atoms with Gasteiger partial charge >= 0.3 is 0 Å². The molecule has 1 aliphatic heterocycles. The second-order valence-electron chi connectivity index (χ2n) is 6.38. The van der Waals surface area contributed by atoms with Crippen molar-refractivity contribution >= 4 is 0 Å². The molecule has 0 aliphatic carbocycles. The van der Waals surface area contributed by atoms with Gasteiger partial charge in [0.1, 0.15) is 29.4 Å². The fourth-order valence-electron chi connectivity index (χ4n) is 3.20. The molecule has 26 heavy (non-hydrogen) atoms. The highest BCUT2D eigenvalue weighted by Crippen LogP contribution is 2.35. The van der Waals surface area contributed by atoms with Crippen LogP contribution in [0.2, 0.25) is 0 Å². The topological polar surface area (TPSA) is 63.5 Å². The summed E-state index contributed by atoms with van der Waals surface area (Å²) >= 11 is 0. The predicted molar refractivity (Wildman–Crippen MR) is 99.7 cm³/mol. The smallest absolute Gasteiger partial charge is 0.136 e. The summed E-state index contributed by atoms with van der Waals surface area (Å²) in [5.41, 5.74) is 3.86. The molecule has 2 aromatic rings. The largest absolute Gasteiger partial charge is 0.495 e. The Balaban J connectivity index is 1.70. The number of fused-ring (bicyclic) bond motifs is 1. The Labute approximate surface area is 154 Å². The number of rotatable bonds is 7. The minimum absolute atomic E-state index is 0.214. The zero-order chi connectivity index (χ0) is 18.5. The van der Waals surface area contributed by atoms with Crippen molar-refractivity contribution in [3.05, 3.63) is 52.6 Å². The lowest BCUT2D eigenvalue weighted by atomic mass is 10.1. The standard InChI is InChI=1S/C21H24N2O3/c1-4-25-20-9-16-7-14(2)26-21(16)10-18(20)13-23-12-15-5-6-19(24-3)17(8-15)11-22/h5-6,8-10,14,23H,4,7,12-13H2,1-3H3. The van der Waals surface area contributed by atoms with Crippen LogP contribution < -0.4 is 19.5 Å². The Bertz CT molecular complexity index is 827. The highest BCUT2D eigenvalue weighted by Gasteiger charge is 2.21. The van der Waals surface area contributed by atoms with Crippen LogP contribution in [0.4, 0.5) is 0 Å². The van der Waals surface area contributed by atoms with Gasteiger partial charge in [-0.05, 0) is 43.7 Å². The van der Waals surface area contributed by atoms with Gasteiger partial charge in [-0.1, -0.05) is 6.07 Å². The van der Waals surface area contributed by atoms with Crippen molar-refractivity contribution in [2.75, 3.05) is 13.7 Å². The molecule has 1 heterocycles. The average molecular weight is 352 g/mol. The van der Waals surface area contributed by atoms with Crippen LogP contribution in [0.1, 0.15) is 36.1 Å². The maximum Gasteiger partial charge on any atom is 0.136 e. The Morgan fingerprint density at radius 2 is 2.08 bits per heavy atom. The number of benzene rings is 2. The number of methoxy groups -OCH3 is 1. The van der Waals surface area contributed by atoms with E-state index in [4.69, 9.17) is 14.2 Å². The molecule has 0 spiro atoms. The van der Waals surface area contributed by atoms with Crippen molar-refractivity contribution in [1.29, 1.82) is 5.26 Å². The molecular formula is C21H24N2O3. The average Bonchev–Trinajstić information content (AvgIpc) is 3.00. The first-order valence-electron chi connectivity index (χ1n) is 8.87. The van der Waals surface area contributed by atoms with Gasteiger partial charge in [0.05, 0.1) is 19.3 Å². The van der Waals surface area contributed by atoms with Crippen molar-refractivity contribution < 1.29 is 14.2 Å². The van der Waals surface area contributed by atoms with Crippen LogP contribution in [0.3, 0.4) is 0 Å². The minimum Gasteiger partial charge on any atom is -0.495 e. The van der Waals surface area contributed by atoms with Crippen molar-refractivity contribution in [3.63, 3.8) is 0 Å². The molecule has 5 nitrogen and oxygen atoms in total. The van der Waals surface area contributed by atoms with E-state index in [9.17, 15) is 5.26 Å². The van der Waals surface area contributed by atoms with Crippen LogP contribution in [-0.4, -0.2) is 19.8 Å². The minimum atomic E-state index is 0.214. The highest BCUT2D eigenvalue weighted by molar-refractivity contribution is 5.49. The van der Waals surface area contributed by atoms with E-state index in [1.54, 1.807) is 7.11 Å². The maximum atomic E-state index is 9.20. The molecule has 0 fully saturated rings. The van der Waals surface area contributed by atoms with Gasteiger partial charge in [0.25, 0.3) is 0 Å². The van der Waals surface area contributed by atoms with Gasteiger partial charge in [-0.15, -0.1) is 0 Å². The van der Waals surface area contributed by atoms with Crippen molar-refractivity contribution in [2.45, 2.75) is 39.5 Å². The lowest BCUT2D eigenvalue weighted by molar-refractivity contribution is 0.254. The molecule has 0 bridgehead atoms. The van der Waals surface area contributed by atoms with E-state index in [0.717, 1.165) is 29.0 Å². The van der Waals surface area contributed by atoms with Crippen LogP contribution in [0, 0.1) is 11.3 Å². The fourth-order valence-corrected chi connectivity index (χ4v) is 3.20. The number of nitrogens with one attached hydrogen (secondary N) is 1. The summed E-state index contributed by atoms with van der Waals surface area (Å²) in [5.74, 6) is 2.46. The number of nitriles is 1. The Kier molecular flexibility index (Phi) is 5.65. The summed E-state index contributed by atoms with van der Waals surface area (Å²) in [5, 5.41) is 12.6. The van der Waals surface area contributed by atoms with E-state index in [1.807, 2.05) is 25.1 Å². The van der Waals surface area contributed by atoms with Gasteiger partial charge in [-0.3, -0.25) is 0 Å². The van der Waals surface area contributed by atoms with Crippen molar-refractivity contribution in [2.24, 2.45) is 0 Å². The summed E-state index contributed by atoms with van der Waals surface area (Å²) in [4.78, 5) is 0. The quantitative estimate of drug-likeness (QED) is 0.825. The normalized spacial score (nSPS) is 15.1. The van der Waals surface area contributed by atoms with Gasteiger partial charge < -0.3 is 19.5 Å². The summed E-state index contributed by atoms with van der Waals surface area (Å²) in [6.45, 7) is 6.01. The van der Waals surface area contributed by atoms with Gasteiger partial charge in [-0.25, -0.2) is 0 Å². The van der Waals surface area contributed by atoms with E-state index < -0.39 is 0 Å². The summed E-state index contributed by atoms with van der Waals surface area (Å²) in [6, 6.07) is 12.0. The molecule has 0 radical (unpaired) electrons. The zero-order valence-corrected chi connectivity index (χ0v) is 15.5.